The third-order valence-corrected chi connectivity index (χ3v) is 4.44. The second-order valence-corrected chi connectivity index (χ2v) is 6.62. The van der Waals surface area contributed by atoms with Crippen molar-refractivity contribution in [1.29, 1.82) is 0 Å². The van der Waals surface area contributed by atoms with Gasteiger partial charge in [0, 0.05) is 18.0 Å². The molecular formula is C18H30N2OS. The van der Waals surface area contributed by atoms with Crippen molar-refractivity contribution >= 4 is 23.4 Å². The third kappa shape index (κ3) is 9.11. The highest BCUT2D eigenvalue weighted by Crippen LogP contribution is 2.08. The molecule has 0 heterocycles. The van der Waals surface area contributed by atoms with Crippen molar-refractivity contribution in [3.05, 3.63) is 30.3 Å². The standard InChI is InChI=1S/C18H30N2OS/c1-3-5-12-20(13-6-4-2)14-15-22-16-18(21)19-17-10-8-7-9-11-17/h7-11H,3-6,12-16H2,1-2H3,(H,19,21). The number of anilines is 1. The van der Waals surface area contributed by atoms with Crippen molar-refractivity contribution in [2.45, 2.75) is 39.5 Å². The number of thioether (sulfide) groups is 1. The van der Waals surface area contributed by atoms with Crippen LogP contribution in [-0.2, 0) is 4.79 Å². The van der Waals surface area contributed by atoms with Crippen LogP contribution in [0.3, 0.4) is 0 Å². The molecule has 0 saturated carbocycles. The lowest BCUT2D eigenvalue weighted by molar-refractivity contribution is -0.113. The lowest BCUT2D eigenvalue weighted by atomic mass is 10.2. The van der Waals surface area contributed by atoms with Gasteiger partial charge in [-0.2, -0.15) is 11.8 Å². The smallest absolute Gasteiger partial charge is 0.234 e. The summed E-state index contributed by atoms with van der Waals surface area (Å²) < 4.78 is 0. The van der Waals surface area contributed by atoms with Crippen molar-refractivity contribution < 1.29 is 4.79 Å². The second kappa shape index (κ2) is 12.5. The molecule has 3 nitrogen and oxygen atoms in total. The number of nitrogens with zero attached hydrogens (tertiary/aromatic N) is 1. The lowest BCUT2D eigenvalue weighted by Gasteiger charge is -2.21. The molecule has 0 aliphatic carbocycles. The van der Waals surface area contributed by atoms with Gasteiger partial charge in [-0.1, -0.05) is 44.9 Å². The largest absolute Gasteiger partial charge is 0.325 e. The number of carbonyl (C=O) groups excluding carboxylic acids is 1. The lowest BCUT2D eigenvalue weighted by Crippen LogP contribution is -2.28. The number of unbranched alkanes of at least 4 members (excludes halogenated alkanes) is 2. The fourth-order valence-electron chi connectivity index (χ4n) is 2.18. The van der Waals surface area contributed by atoms with Gasteiger partial charge in [-0.25, -0.2) is 0 Å². The summed E-state index contributed by atoms with van der Waals surface area (Å²) in [6.45, 7) is 7.94. The van der Waals surface area contributed by atoms with Crippen LogP contribution in [-0.4, -0.2) is 41.9 Å². The predicted octanol–water partition coefficient (Wildman–Crippen LogP) is 4.26. The molecule has 0 aromatic heterocycles. The van der Waals surface area contributed by atoms with Crippen LogP contribution in [0, 0.1) is 0 Å². The zero-order chi connectivity index (χ0) is 16.0. The molecular weight excluding hydrogens is 292 g/mol. The number of carbonyl (C=O) groups is 1. The molecule has 0 unspecified atom stereocenters. The van der Waals surface area contributed by atoms with E-state index in [1.807, 2.05) is 30.3 Å². The first kappa shape index (κ1) is 19.0. The molecule has 0 saturated heterocycles. The van der Waals surface area contributed by atoms with Crippen LogP contribution in [0.15, 0.2) is 30.3 Å². The van der Waals surface area contributed by atoms with Crippen LogP contribution in [0.25, 0.3) is 0 Å². The molecule has 0 bridgehead atoms. The Labute approximate surface area is 139 Å². The maximum atomic E-state index is 11.9. The maximum Gasteiger partial charge on any atom is 0.234 e. The first-order valence-electron chi connectivity index (χ1n) is 8.41. The molecule has 0 aliphatic rings. The van der Waals surface area contributed by atoms with Gasteiger partial charge >= 0.3 is 0 Å². The fraction of sp³-hybridized carbons (Fsp3) is 0.611. The van der Waals surface area contributed by atoms with Crippen LogP contribution >= 0.6 is 11.8 Å². The highest BCUT2D eigenvalue weighted by atomic mass is 32.2. The van der Waals surface area contributed by atoms with E-state index in [1.54, 1.807) is 11.8 Å². The van der Waals surface area contributed by atoms with Crippen molar-refractivity contribution in [2.24, 2.45) is 0 Å². The van der Waals surface area contributed by atoms with E-state index in [2.05, 4.69) is 24.1 Å². The summed E-state index contributed by atoms with van der Waals surface area (Å²) in [5.74, 6) is 1.64. The monoisotopic (exact) mass is 322 g/mol. The fourth-order valence-corrected chi connectivity index (χ4v) is 2.97. The van der Waals surface area contributed by atoms with Gasteiger partial charge in [0.2, 0.25) is 5.91 Å². The highest BCUT2D eigenvalue weighted by molar-refractivity contribution is 7.99. The number of para-hydroxylation sites is 1. The minimum absolute atomic E-state index is 0.0878. The molecule has 0 fully saturated rings. The van der Waals surface area contributed by atoms with Crippen LogP contribution < -0.4 is 5.32 Å². The van der Waals surface area contributed by atoms with E-state index < -0.39 is 0 Å². The average Bonchev–Trinajstić information content (AvgIpc) is 2.54. The van der Waals surface area contributed by atoms with Gasteiger partial charge in [0.15, 0.2) is 0 Å². The highest BCUT2D eigenvalue weighted by Gasteiger charge is 2.06. The number of nitrogens with one attached hydrogen (secondary N) is 1. The van der Waals surface area contributed by atoms with Gasteiger partial charge in [-0.05, 0) is 38.1 Å². The van der Waals surface area contributed by atoms with Gasteiger partial charge < -0.3 is 10.2 Å². The Morgan fingerprint density at radius 3 is 2.27 bits per heavy atom. The summed E-state index contributed by atoms with van der Waals surface area (Å²) in [5.41, 5.74) is 0.876. The van der Waals surface area contributed by atoms with Crippen LogP contribution in [0.1, 0.15) is 39.5 Å². The molecule has 0 spiro atoms. The zero-order valence-corrected chi connectivity index (χ0v) is 14.8. The second-order valence-electron chi connectivity index (χ2n) is 5.52. The average molecular weight is 323 g/mol. The zero-order valence-electron chi connectivity index (χ0n) is 14.0. The van der Waals surface area contributed by atoms with E-state index >= 15 is 0 Å². The summed E-state index contributed by atoms with van der Waals surface area (Å²) in [4.78, 5) is 14.4. The number of rotatable bonds is 12. The number of hydrogen-bond donors (Lipinski definition) is 1. The van der Waals surface area contributed by atoms with E-state index in [-0.39, 0.29) is 5.91 Å². The Bertz CT molecular complexity index is 389. The first-order chi connectivity index (χ1) is 10.8. The van der Waals surface area contributed by atoms with E-state index in [4.69, 9.17) is 0 Å². The molecule has 22 heavy (non-hydrogen) atoms. The van der Waals surface area contributed by atoms with E-state index in [9.17, 15) is 4.79 Å². The summed E-state index contributed by atoms with van der Waals surface area (Å²) >= 11 is 1.72. The van der Waals surface area contributed by atoms with Crippen LogP contribution in [0.5, 0.6) is 0 Å². The molecule has 4 heteroatoms. The number of hydrogen-bond acceptors (Lipinski definition) is 3. The van der Waals surface area contributed by atoms with Crippen molar-refractivity contribution in [3.8, 4) is 0 Å². The molecule has 1 N–H and O–H groups in total. The maximum absolute atomic E-state index is 11.9. The normalized spacial score (nSPS) is 10.9. The van der Waals surface area contributed by atoms with Crippen LogP contribution in [0.2, 0.25) is 0 Å². The molecule has 1 aromatic rings. The summed E-state index contributed by atoms with van der Waals surface area (Å²) in [5, 5.41) is 2.93. The van der Waals surface area contributed by atoms with Crippen molar-refractivity contribution in [3.63, 3.8) is 0 Å². The Balaban J connectivity index is 2.17. The van der Waals surface area contributed by atoms with Gasteiger partial charge in [0.1, 0.15) is 0 Å². The predicted molar refractivity (Wildman–Crippen MR) is 98.7 cm³/mol. The van der Waals surface area contributed by atoms with Crippen molar-refractivity contribution in [1.82, 2.24) is 4.90 Å². The first-order valence-corrected chi connectivity index (χ1v) is 9.56. The van der Waals surface area contributed by atoms with Gasteiger partial charge in [0.05, 0.1) is 5.75 Å². The molecule has 124 valence electrons. The Morgan fingerprint density at radius 1 is 1.05 bits per heavy atom. The van der Waals surface area contributed by atoms with Gasteiger partial charge in [-0.3, -0.25) is 4.79 Å². The topological polar surface area (TPSA) is 32.3 Å². The quantitative estimate of drug-likeness (QED) is 0.584. The summed E-state index contributed by atoms with van der Waals surface area (Å²) in [7, 11) is 0. The molecule has 0 aliphatic heterocycles. The third-order valence-electron chi connectivity index (χ3n) is 3.50. The number of amides is 1. The number of benzene rings is 1. The van der Waals surface area contributed by atoms with Crippen molar-refractivity contribution in [2.75, 3.05) is 36.5 Å². The minimum atomic E-state index is 0.0878. The van der Waals surface area contributed by atoms with Gasteiger partial charge in [0.25, 0.3) is 0 Å². The minimum Gasteiger partial charge on any atom is -0.325 e. The van der Waals surface area contributed by atoms with Gasteiger partial charge in [-0.15, -0.1) is 0 Å². The molecule has 0 atom stereocenters. The van der Waals surface area contributed by atoms with Crippen LogP contribution in [0.4, 0.5) is 5.69 Å². The van der Waals surface area contributed by atoms with E-state index in [0.29, 0.717) is 5.75 Å². The Hall–Kier alpha value is -1.00. The molecule has 1 aromatic carbocycles. The molecule has 1 rings (SSSR count). The Morgan fingerprint density at radius 2 is 1.68 bits per heavy atom. The Kier molecular flexibility index (Phi) is 10.9. The summed E-state index contributed by atoms with van der Waals surface area (Å²) in [6.07, 6.45) is 5.02. The van der Waals surface area contributed by atoms with E-state index in [1.165, 1.54) is 38.8 Å². The molecule has 0 radical (unpaired) electrons. The van der Waals surface area contributed by atoms with E-state index in [0.717, 1.165) is 18.0 Å². The molecule has 1 amide bonds. The summed E-state index contributed by atoms with van der Waals surface area (Å²) in [6, 6.07) is 9.65. The SMILES string of the molecule is CCCCN(CCCC)CCSCC(=O)Nc1ccccc1.